The van der Waals surface area contributed by atoms with Gasteiger partial charge in [0.05, 0.1) is 0 Å². The number of hydrogen-bond donors (Lipinski definition) is 3. The molecule has 0 spiro atoms. The van der Waals surface area contributed by atoms with Crippen LogP contribution < -0.4 is 0 Å². The summed E-state index contributed by atoms with van der Waals surface area (Å²) in [5, 5.41) is 25.8. The van der Waals surface area contributed by atoms with Gasteiger partial charge < -0.3 is 15.3 Å². The lowest BCUT2D eigenvalue weighted by atomic mass is 10.0. The summed E-state index contributed by atoms with van der Waals surface area (Å²) in [4.78, 5) is 10.5. The van der Waals surface area contributed by atoms with Gasteiger partial charge in [-0.25, -0.2) is 4.79 Å². The number of aliphatic hydroxyl groups excluding tert-OH is 2. The van der Waals surface area contributed by atoms with Crippen molar-refractivity contribution in [2.75, 3.05) is 13.2 Å². The van der Waals surface area contributed by atoms with Crippen molar-refractivity contribution in [3.05, 3.63) is 11.1 Å². The van der Waals surface area contributed by atoms with E-state index in [1.165, 1.54) is 6.92 Å². The van der Waals surface area contributed by atoms with Gasteiger partial charge in [0.2, 0.25) is 0 Å². The van der Waals surface area contributed by atoms with Crippen LogP contribution in [0.2, 0.25) is 0 Å². The van der Waals surface area contributed by atoms with E-state index in [0.29, 0.717) is 18.4 Å². The first kappa shape index (κ1) is 11.1. The monoisotopic (exact) mass is 174 g/mol. The standard InChI is InChI=1S/C8H14O4/c1-6(8(11)12)7(2-4-9)3-5-10/h9-10H,2-5H2,1H3,(H,11,12). The Morgan fingerprint density at radius 3 is 1.83 bits per heavy atom. The first-order valence-electron chi connectivity index (χ1n) is 3.77. The van der Waals surface area contributed by atoms with Crippen molar-refractivity contribution in [3.8, 4) is 0 Å². The van der Waals surface area contributed by atoms with Gasteiger partial charge in [-0.05, 0) is 19.8 Å². The molecule has 0 aliphatic carbocycles. The minimum absolute atomic E-state index is 0.0834. The molecule has 0 aliphatic rings. The first-order valence-corrected chi connectivity index (χ1v) is 3.77. The lowest BCUT2D eigenvalue weighted by Crippen LogP contribution is -2.04. The van der Waals surface area contributed by atoms with Crippen LogP contribution in [-0.4, -0.2) is 34.5 Å². The minimum Gasteiger partial charge on any atom is -0.478 e. The van der Waals surface area contributed by atoms with Gasteiger partial charge in [-0.1, -0.05) is 5.57 Å². The van der Waals surface area contributed by atoms with E-state index in [9.17, 15) is 4.79 Å². The molecular formula is C8H14O4. The van der Waals surface area contributed by atoms with Crippen LogP contribution in [0.25, 0.3) is 0 Å². The smallest absolute Gasteiger partial charge is 0.331 e. The van der Waals surface area contributed by atoms with Gasteiger partial charge in [0.15, 0.2) is 0 Å². The molecule has 0 aliphatic heterocycles. The quantitative estimate of drug-likeness (QED) is 0.518. The number of carboxylic acids is 1. The molecule has 0 fully saturated rings. The highest BCUT2D eigenvalue weighted by molar-refractivity contribution is 5.86. The molecule has 0 saturated carbocycles. The maximum atomic E-state index is 10.5. The molecule has 0 unspecified atom stereocenters. The molecule has 4 heteroatoms. The fourth-order valence-electron chi connectivity index (χ4n) is 0.921. The van der Waals surface area contributed by atoms with Gasteiger partial charge in [-0.2, -0.15) is 0 Å². The van der Waals surface area contributed by atoms with Crippen molar-refractivity contribution in [2.45, 2.75) is 19.8 Å². The van der Waals surface area contributed by atoms with E-state index in [2.05, 4.69) is 0 Å². The molecule has 0 aromatic rings. The Labute approximate surface area is 71.1 Å². The number of hydrogen-bond acceptors (Lipinski definition) is 3. The van der Waals surface area contributed by atoms with Gasteiger partial charge in [0, 0.05) is 18.8 Å². The first-order chi connectivity index (χ1) is 5.63. The lowest BCUT2D eigenvalue weighted by Gasteiger charge is -2.05. The Hall–Kier alpha value is -0.870. The van der Waals surface area contributed by atoms with E-state index in [1.54, 1.807) is 0 Å². The van der Waals surface area contributed by atoms with Crippen molar-refractivity contribution in [1.82, 2.24) is 0 Å². The number of carbonyl (C=O) groups is 1. The van der Waals surface area contributed by atoms with E-state index >= 15 is 0 Å². The maximum Gasteiger partial charge on any atom is 0.331 e. The van der Waals surface area contributed by atoms with E-state index in [4.69, 9.17) is 15.3 Å². The predicted molar refractivity (Wildman–Crippen MR) is 43.7 cm³/mol. The second kappa shape index (κ2) is 5.74. The van der Waals surface area contributed by atoms with Gasteiger partial charge in [0.25, 0.3) is 0 Å². The van der Waals surface area contributed by atoms with Crippen LogP contribution >= 0.6 is 0 Å². The summed E-state index contributed by atoms with van der Waals surface area (Å²) in [5.74, 6) is -0.994. The molecule has 12 heavy (non-hydrogen) atoms. The topological polar surface area (TPSA) is 77.8 Å². The van der Waals surface area contributed by atoms with Gasteiger partial charge in [-0.3, -0.25) is 0 Å². The molecule has 0 aromatic heterocycles. The van der Waals surface area contributed by atoms with E-state index in [1.807, 2.05) is 0 Å². The van der Waals surface area contributed by atoms with E-state index in [-0.39, 0.29) is 18.8 Å². The van der Waals surface area contributed by atoms with Crippen LogP contribution in [0, 0.1) is 0 Å². The molecular weight excluding hydrogens is 160 g/mol. The van der Waals surface area contributed by atoms with Gasteiger partial charge in [-0.15, -0.1) is 0 Å². The molecule has 3 N–H and O–H groups in total. The average Bonchev–Trinajstić information content (AvgIpc) is 2.03. The van der Waals surface area contributed by atoms with Crippen LogP contribution in [0.4, 0.5) is 0 Å². The van der Waals surface area contributed by atoms with Crippen molar-refractivity contribution >= 4 is 5.97 Å². The summed E-state index contributed by atoms with van der Waals surface area (Å²) >= 11 is 0. The fraction of sp³-hybridized carbons (Fsp3) is 0.625. The summed E-state index contributed by atoms with van der Waals surface area (Å²) in [6.07, 6.45) is 0.636. The summed E-state index contributed by atoms with van der Waals surface area (Å²) in [5.41, 5.74) is 0.825. The Morgan fingerprint density at radius 1 is 1.17 bits per heavy atom. The number of aliphatic hydroxyl groups is 2. The van der Waals surface area contributed by atoms with E-state index < -0.39 is 5.97 Å². The molecule has 0 radical (unpaired) electrons. The Balaban J connectivity index is 4.43. The molecule has 70 valence electrons. The molecule has 0 aromatic carbocycles. The third-order valence-electron chi connectivity index (χ3n) is 1.68. The largest absolute Gasteiger partial charge is 0.478 e. The zero-order chi connectivity index (χ0) is 9.56. The summed E-state index contributed by atoms with van der Waals surface area (Å²) in [7, 11) is 0. The van der Waals surface area contributed by atoms with Crippen molar-refractivity contribution in [3.63, 3.8) is 0 Å². The molecule has 0 bridgehead atoms. The SMILES string of the molecule is CC(C(=O)O)=C(CCO)CCO. The molecule has 0 rings (SSSR count). The van der Waals surface area contributed by atoms with Crippen LogP contribution in [0.15, 0.2) is 11.1 Å². The van der Waals surface area contributed by atoms with Crippen molar-refractivity contribution in [2.24, 2.45) is 0 Å². The summed E-state index contributed by atoms with van der Waals surface area (Å²) < 4.78 is 0. The van der Waals surface area contributed by atoms with Crippen LogP contribution in [0.1, 0.15) is 19.8 Å². The van der Waals surface area contributed by atoms with E-state index in [0.717, 1.165) is 0 Å². The highest BCUT2D eigenvalue weighted by Crippen LogP contribution is 2.12. The molecule has 4 nitrogen and oxygen atoms in total. The Morgan fingerprint density at radius 2 is 1.58 bits per heavy atom. The second-order valence-electron chi connectivity index (χ2n) is 2.48. The summed E-state index contributed by atoms with van der Waals surface area (Å²) in [6, 6.07) is 0. The third-order valence-corrected chi connectivity index (χ3v) is 1.68. The van der Waals surface area contributed by atoms with Gasteiger partial charge in [0.1, 0.15) is 0 Å². The molecule has 0 heterocycles. The average molecular weight is 174 g/mol. The number of rotatable bonds is 5. The lowest BCUT2D eigenvalue weighted by molar-refractivity contribution is -0.132. The maximum absolute atomic E-state index is 10.5. The Kier molecular flexibility index (Phi) is 5.32. The second-order valence-corrected chi connectivity index (χ2v) is 2.48. The predicted octanol–water partition coefficient (Wildman–Crippen LogP) is 0.152. The summed E-state index contributed by atoms with van der Waals surface area (Å²) in [6.45, 7) is 1.31. The van der Waals surface area contributed by atoms with Crippen LogP contribution in [-0.2, 0) is 4.79 Å². The molecule has 0 amide bonds. The highest BCUT2D eigenvalue weighted by atomic mass is 16.4. The minimum atomic E-state index is -0.994. The van der Waals surface area contributed by atoms with Crippen molar-refractivity contribution in [1.29, 1.82) is 0 Å². The van der Waals surface area contributed by atoms with Crippen molar-refractivity contribution < 1.29 is 20.1 Å². The Bertz CT molecular complexity index is 175. The van der Waals surface area contributed by atoms with Crippen LogP contribution in [0.5, 0.6) is 0 Å². The highest BCUT2D eigenvalue weighted by Gasteiger charge is 2.07. The zero-order valence-corrected chi connectivity index (χ0v) is 7.08. The fourth-order valence-corrected chi connectivity index (χ4v) is 0.921. The molecule has 0 atom stereocenters. The van der Waals surface area contributed by atoms with Gasteiger partial charge >= 0.3 is 5.97 Å². The zero-order valence-electron chi connectivity index (χ0n) is 7.08. The van der Waals surface area contributed by atoms with Crippen LogP contribution in [0.3, 0.4) is 0 Å². The normalized spacial score (nSPS) is 9.58. The molecule has 0 saturated heterocycles. The number of carboxylic acid groups (broad SMARTS) is 1. The number of aliphatic carboxylic acids is 1. The third kappa shape index (κ3) is 3.50.